The minimum Gasteiger partial charge on any atom is -0.504 e. The average Bonchev–Trinajstić information content (AvgIpc) is 2.74. The van der Waals surface area contributed by atoms with E-state index >= 15 is 0 Å². The van der Waals surface area contributed by atoms with Crippen LogP contribution >= 0.6 is 0 Å². The van der Waals surface area contributed by atoms with Crippen LogP contribution in [0.1, 0.15) is 50.6 Å². The zero-order valence-electron chi connectivity index (χ0n) is 13.6. The molecule has 0 radical (unpaired) electrons. The van der Waals surface area contributed by atoms with Gasteiger partial charge in [0.1, 0.15) is 5.69 Å². The summed E-state index contributed by atoms with van der Waals surface area (Å²) in [6.07, 6.45) is 3.83. The summed E-state index contributed by atoms with van der Waals surface area (Å²) in [5, 5.41) is 15.2. The van der Waals surface area contributed by atoms with Crippen molar-refractivity contribution in [3.63, 3.8) is 0 Å². The topological polar surface area (TPSA) is 38.0 Å². The molecule has 0 unspecified atom stereocenters. The molecule has 0 aliphatic carbocycles. The third-order valence-corrected chi connectivity index (χ3v) is 3.67. The van der Waals surface area contributed by atoms with Crippen LogP contribution in [0.3, 0.4) is 0 Å². The summed E-state index contributed by atoms with van der Waals surface area (Å²) in [4.78, 5) is 0. The molecular weight excluding hydrogens is 260 g/mol. The first-order valence-electron chi connectivity index (χ1n) is 7.89. The summed E-state index contributed by atoms with van der Waals surface area (Å²) in [5.41, 5.74) is 4.01. The van der Waals surface area contributed by atoms with E-state index in [1.165, 1.54) is 5.56 Å². The molecule has 0 atom stereocenters. The quantitative estimate of drug-likeness (QED) is 0.853. The number of nitrogens with zero attached hydrogens (tertiary/aromatic N) is 2. The molecule has 3 nitrogen and oxygen atoms in total. The molecule has 2 rings (SSSR count). The third kappa shape index (κ3) is 3.66. The van der Waals surface area contributed by atoms with E-state index in [2.05, 4.69) is 57.1 Å². The lowest BCUT2D eigenvalue weighted by Crippen LogP contribution is -2.05. The number of rotatable bonds is 6. The van der Waals surface area contributed by atoms with E-state index in [1.807, 2.05) is 4.68 Å². The van der Waals surface area contributed by atoms with E-state index in [4.69, 9.17) is 0 Å². The minimum atomic E-state index is 0.387. The summed E-state index contributed by atoms with van der Waals surface area (Å²) in [7, 11) is 0. The average molecular weight is 286 g/mol. The monoisotopic (exact) mass is 286 g/mol. The molecule has 0 bridgehead atoms. The van der Waals surface area contributed by atoms with Crippen molar-refractivity contribution in [1.29, 1.82) is 0 Å². The fourth-order valence-corrected chi connectivity index (χ4v) is 2.48. The lowest BCUT2D eigenvalue weighted by atomic mass is 10.1. The molecule has 3 heteroatoms. The number of hydrogen-bond acceptors (Lipinski definition) is 2. The van der Waals surface area contributed by atoms with E-state index in [0.717, 1.165) is 42.8 Å². The van der Waals surface area contributed by atoms with Crippen molar-refractivity contribution < 1.29 is 5.11 Å². The van der Waals surface area contributed by atoms with Gasteiger partial charge in [0.2, 0.25) is 0 Å². The van der Waals surface area contributed by atoms with Gasteiger partial charge >= 0.3 is 0 Å². The van der Waals surface area contributed by atoms with E-state index in [9.17, 15) is 5.11 Å². The number of benzene rings is 1. The highest BCUT2D eigenvalue weighted by Crippen LogP contribution is 2.28. The van der Waals surface area contributed by atoms with E-state index < -0.39 is 0 Å². The van der Waals surface area contributed by atoms with Gasteiger partial charge in [-0.1, -0.05) is 44.9 Å². The minimum absolute atomic E-state index is 0.387. The Bertz CT molecular complexity index is 582. The molecule has 0 fully saturated rings. The largest absolute Gasteiger partial charge is 0.504 e. The molecule has 21 heavy (non-hydrogen) atoms. The van der Waals surface area contributed by atoms with Crippen LogP contribution in [-0.2, 0) is 12.8 Å². The fourth-order valence-electron chi connectivity index (χ4n) is 2.48. The Kier molecular flexibility index (Phi) is 5.05. The summed E-state index contributed by atoms with van der Waals surface area (Å²) < 4.78 is 1.92. The zero-order chi connectivity index (χ0) is 15.4. The number of hydrogen-bond donors (Lipinski definition) is 1. The van der Waals surface area contributed by atoms with E-state index in [-0.39, 0.29) is 0 Å². The predicted octanol–water partition coefficient (Wildman–Crippen LogP) is 4.43. The molecule has 1 heterocycles. The van der Waals surface area contributed by atoms with Crippen molar-refractivity contribution >= 4 is 0 Å². The van der Waals surface area contributed by atoms with Gasteiger partial charge in [-0.05, 0) is 44.2 Å². The number of aromatic hydroxyl groups is 1. The van der Waals surface area contributed by atoms with Gasteiger partial charge in [-0.25, -0.2) is 4.68 Å². The second kappa shape index (κ2) is 6.79. The Morgan fingerprint density at radius 1 is 1.19 bits per heavy atom. The molecule has 0 spiro atoms. The maximum Gasteiger partial charge on any atom is 0.160 e. The van der Waals surface area contributed by atoms with Gasteiger partial charge in [0.15, 0.2) is 5.75 Å². The highest BCUT2D eigenvalue weighted by molar-refractivity contribution is 5.42. The Hall–Kier alpha value is -1.77. The molecule has 0 aliphatic heterocycles. The SMILES string of the molecule is CCCCc1nn(-c2ccc(C)cc2)c(CC(C)C)c1O. The second-order valence-corrected chi connectivity index (χ2v) is 6.19. The van der Waals surface area contributed by atoms with Crippen molar-refractivity contribution in [2.45, 2.75) is 53.4 Å². The molecule has 1 N–H and O–H groups in total. The summed E-state index contributed by atoms with van der Waals surface area (Å²) in [5.74, 6) is 0.869. The Balaban J connectivity index is 2.44. The zero-order valence-corrected chi connectivity index (χ0v) is 13.6. The molecule has 1 aromatic carbocycles. The van der Waals surface area contributed by atoms with Crippen LogP contribution in [0.25, 0.3) is 5.69 Å². The highest BCUT2D eigenvalue weighted by Gasteiger charge is 2.18. The molecule has 0 saturated carbocycles. The van der Waals surface area contributed by atoms with Crippen molar-refractivity contribution in [3.8, 4) is 11.4 Å². The van der Waals surface area contributed by atoms with E-state index in [0.29, 0.717) is 11.7 Å². The third-order valence-electron chi connectivity index (χ3n) is 3.67. The molecule has 114 valence electrons. The molecule has 0 amide bonds. The summed E-state index contributed by atoms with van der Waals surface area (Å²) in [6, 6.07) is 8.29. The predicted molar refractivity (Wildman–Crippen MR) is 87.1 cm³/mol. The van der Waals surface area contributed by atoms with Crippen LogP contribution in [-0.4, -0.2) is 14.9 Å². The summed E-state index contributed by atoms with van der Waals surface area (Å²) in [6.45, 7) is 8.56. The molecule has 0 saturated heterocycles. The van der Waals surface area contributed by atoms with Gasteiger partial charge in [-0.3, -0.25) is 0 Å². The molecule has 2 aromatic rings. The summed E-state index contributed by atoms with van der Waals surface area (Å²) >= 11 is 0. The first kappa shape index (κ1) is 15.6. The first-order valence-corrected chi connectivity index (χ1v) is 7.89. The van der Waals surface area contributed by atoms with Gasteiger partial charge < -0.3 is 5.11 Å². The maximum atomic E-state index is 10.5. The standard InChI is InChI=1S/C18H26N2O/c1-5-6-7-16-18(21)17(12-13(2)3)20(19-16)15-10-8-14(4)9-11-15/h8-11,13,21H,5-7,12H2,1-4H3. The van der Waals surface area contributed by atoms with Gasteiger partial charge in [0, 0.05) is 0 Å². The van der Waals surface area contributed by atoms with Crippen LogP contribution in [0, 0.1) is 12.8 Å². The maximum absolute atomic E-state index is 10.5. The van der Waals surface area contributed by atoms with Crippen LogP contribution < -0.4 is 0 Å². The van der Waals surface area contributed by atoms with Crippen LogP contribution in [0.2, 0.25) is 0 Å². The second-order valence-electron chi connectivity index (χ2n) is 6.19. The lowest BCUT2D eigenvalue weighted by Gasteiger charge is -2.10. The molecular formula is C18H26N2O. The van der Waals surface area contributed by atoms with Crippen LogP contribution in [0.15, 0.2) is 24.3 Å². The Labute approximate surface area is 127 Å². The number of unbranched alkanes of at least 4 members (excludes halogenated alkanes) is 1. The van der Waals surface area contributed by atoms with Crippen molar-refractivity contribution in [1.82, 2.24) is 9.78 Å². The molecule has 1 aromatic heterocycles. The fraction of sp³-hybridized carbons (Fsp3) is 0.500. The normalized spacial score (nSPS) is 11.3. The van der Waals surface area contributed by atoms with Crippen molar-refractivity contribution in [2.75, 3.05) is 0 Å². The molecule has 0 aliphatic rings. The van der Waals surface area contributed by atoms with Gasteiger partial charge in [0.05, 0.1) is 11.4 Å². The number of aromatic nitrogens is 2. The van der Waals surface area contributed by atoms with Crippen molar-refractivity contribution in [3.05, 3.63) is 41.2 Å². The lowest BCUT2D eigenvalue weighted by molar-refractivity contribution is 0.453. The van der Waals surface area contributed by atoms with Gasteiger partial charge in [-0.2, -0.15) is 5.10 Å². The van der Waals surface area contributed by atoms with Gasteiger partial charge in [0.25, 0.3) is 0 Å². The smallest absolute Gasteiger partial charge is 0.160 e. The number of aryl methyl sites for hydroxylation is 2. The van der Waals surface area contributed by atoms with Crippen LogP contribution in [0.4, 0.5) is 0 Å². The van der Waals surface area contributed by atoms with Crippen LogP contribution in [0.5, 0.6) is 5.75 Å². The Morgan fingerprint density at radius 2 is 1.86 bits per heavy atom. The highest BCUT2D eigenvalue weighted by atomic mass is 16.3. The first-order chi connectivity index (χ1) is 10.0. The van der Waals surface area contributed by atoms with E-state index in [1.54, 1.807) is 0 Å². The van der Waals surface area contributed by atoms with Crippen molar-refractivity contribution in [2.24, 2.45) is 5.92 Å². The van der Waals surface area contributed by atoms with Gasteiger partial charge in [-0.15, -0.1) is 0 Å². The Morgan fingerprint density at radius 3 is 2.43 bits per heavy atom.